The molecular weight excluding hydrogens is 242 g/mol. The summed E-state index contributed by atoms with van der Waals surface area (Å²) in [6.07, 6.45) is 1.39. The normalized spacial score (nSPS) is 10.3. The minimum absolute atomic E-state index is 0.00871. The number of aromatic hydroxyl groups is 1. The van der Waals surface area contributed by atoms with Crippen molar-refractivity contribution < 1.29 is 5.11 Å². The fourth-order valence-electron chi connectivity index (χ4n) is 1.52. The van der Waals surface area contributed by atoms with Gasteiger partial charge in [-0.1, -0.05) is 12.1 Å². The lowest BCUT2D eigenvalue weighted by Gasteiger charge is -1.99. The first-order valence-corrected chi connectivity index (χ1v) is 5.44. The molecule has 1 N–H and O–H groups in total. The lowest BCUT2D eigenvalue weighted by atomic mass is 10.2. The van der Waals surface area contributed by atoms with Crippen molar-refractivity contribution in [2.24, 2.45) is 10.2 Å². The molecule has 0 saturated carbocycles. The molecule has 0 aromatic heterocycles. The maximum atomic E-state index is 10.4. The van der Waals surface area contributed by atoms with Gasteiger partial charge in [0.25, 0.3) is 0 Å². The minimum atomic E-state index is -0.00871. The highest BCUT2D eigenvalue weighted by atomic mass is 16.3. The van der Waals surface area contributed by atoms with Crippen LogP contribution < -0.4 is 0 Å². The minimum Gasteiger partial charge on any atom is -0.507 e. The molecule has 0 atom stereocenters. The van der Waals surface area contributed by atoms with Gasteiger partial charge >= 0.3 is 0 Å². The zero-order valence-corrected chi connectivity index (χ0v) is 9.82. The van der Waals surface area contributed by atoms with Gasteiger partial charge in [0.1, 0.15) is 17.5 Å². The van der Waals surface area contributed by atoms with Crippen LogP contribution in [-0.2, 0) is 0 Å². The fraction of sp³-hybridized carbons (Fsp3) is 0. The molecule has 92 valence electrons. The third-order valence-corrected chi connectivity index (χ3v) is 2.48. The first-order valence-electron chi connectivity index (χ1n) is 5.44. The summed E-state index contributed by atoms with van der Waals surface area (Å²) >= 11 is 0. The van der Waals surface area contributed by atoms with E-state index in [0.717, 1.165) is 0 Å². The maximum absolute atomic E-state index is 10.4. The zero-order valence-electron chi connectivity index (χ0n) is 9.82. The quantitative estimate of drug-likeness (QED) is 0.669. The highest BCUT2D eigenvalue weighted by molar-refractivity contribution is 5.87. The van der Waals surface area contributed by atoms with E-state index in [0.29, 0.717) is 16.8 Å². The molecule has 2 aromatic carbocycles. The second-order valence-corrected chi connectivity index (χ2v) is 3.72. The number of hydrogen-bond acceptors (Lipinski definition) is 5. The number of hydrogen-bond donors (Lipinski definition) is 1. The van der Waals surface area contributed by atoms with Gasteiger partial charge in [-0.15, -0.1) is 4.91 Å². The molecule has 5 heteroatoms. The Bertz CT molecular complexity index is 687. The second-order valence-electron chi connectivity index (χ2n) is 3.72. The standard InChI is InChI=1S/C14H9N3O2/c15-8-10-3-1-2-4-13(10)16-9-11-7-12(17-19)5-6-14(11)18/h1-7,9,18H. The zero-order chi connectivity index (χ0) is 13.7. The SMILES string of the molecule is N#Cc1ccccc1N=Cc1cc(N=O)ccc1O. The third kappa shape index (κ3) is 2.82. The molecule has 0 fully saturated rings. The predicted octanol–water partition coefficient (Wildman–Crippen LogP) is 3.41. The van der Waals surface area contributed by atoms with Crippen molar-refractivity contribution in [3.63, 3.8) is 0 Å². The Kier molecular flexibility index (Phi) is 3.64. The summed E-state index contributed by atoms with van der Waals surface area (Å²) in [7, 11) is 0. The second kappa shape index (κ2) is 5.56. The van der Waals surface area contributed by atoms with Crippen molar-refractivity contribution in [3.8, 4) is 11.8 Å². The van der Waals surface area contributed by atoms with E-state index in [1.807, 2.05) is 6.07 Å². The fourth-order valence-corrected chi connectivity index (χ4v) is 1.52. The van der Waals surface area contributed by atoms with Crippen LogP contribution in [0.2, 0.25) is 0 Å². The molecule has 0 bridgehead atoms. The lowest BCUT2D eigenvalue weighted by Crippen LogP contribution is -1.83. The topological polar surface area (TPSA) is 85.8 Å². The molecule has 0 radical (unpaired) electrons. The molecule has 0 aliphatic heterocycles. The van der Waals surface area contributed by atoms with Crippen LogP contribution in [0.25, 0.3) is 0 Å². The summed E-state index contributed by atoms with van der Waals surface area (Å²) in [6.45, 7) is 0. The maximum Gasteiger partial charge on any atom is 0.124 e. The van der Waals surface area contributed by atoms with Gasteiger partial charge in [0, 0.05) is 11.8 Å². The predicted molar refractivity (Wildman–Crippen MR) is 72.0 cm³/mol. The van der Waals surface area contributed by atoms with Crippen LogP contribution in [0.4, 0.5) is 11.4 Å². The van der Waals surface area contributed by atoms with Gasteiger partial charge in [0.05, 0.1) is 11.3 Å². The summed E-state index contributed by atoms with van der Waals surface area (Å²) in [5.74, 6) is -0.00871. The van der Waals surface area contributed by atoms with Gasteiger partial charge in [0.2, 0.25) is 0 Å². The number of phenolic OH excluding ortho intramolecular Hbond substituents is 1. The summed E-state index contributed by atoms with van der Waals surface area (Å²) in [5, 5.41) is 21.3. The van der Waals surface area contributed by atoms with Crippen LogP contribution in [-0.4, -0.2) is 11.3 Å². The molecule has 0 spiro atoms. The molecule has 0 aliphatic rings. The number of nitrogens with zero attached hydrogens (tertiary/aromatic N) is 3. The average Bonchev–Trinajstić information content (AvgIpc) is 2.46. The van der Waals surface area contributed by atoms with Crippen molar-refractivity contribution in [2.45, 2.75) is 0 Å². The number of nitriles is 1. The van der Waals surface area contributed by atoms with Crippen LogP contribution in [0.1, 0.15) is 11.1 Å². The monoisotopic (exact) mass is 251 g/mol. The Balaban J connectivity index is 2.38. The largest absolute Gasteiger partial charge is 0.507 e. The molecule has 0 heterocycles. The molecule has 0 amide bonds. The number of para-hydroxylation sites is 1. The third-order valence-electron chi connectivity index (χ3n) is 2.48. The first kappa shape index (κ1) is 12.5. The summed E-state index contributed by atoms with van der Waals surface area (Å²) in [4.78, 5) is 14.6. The number of benzene rings is 2. The molecule has 2 rings (SSSR count). The Morgan fingerprint density at radius 3 is 2.74 bits per heavy atom. The van der Waals surface area contributed by atoms with Gasteiger partial charge in [-0.2, -0.15) is 5.26 Å². The number of nitroso groups, excluding NO2 is 1. The number of phenols is 1. The van der Waals surface area contributed by atoms with Gasteiger partial charge in [0.15, 0.2) is 0 Å². The van der Waals surface area contributed by atoms with Gasteiger partial charge in [-0.05, 0) is 35.5 Å². The Morgan fingerprint density at radius 1 is 1.21 bits per heavy atom. The molecule has 5 nitrogen and oxygen atoms in total. The van der Waals surface area contributed by atoms with E-state index in [-0.39, 0.29) is 11.4 Å². The summed E-state index contributed by atoms with van der Waals surface area (Å²) in [6, 6.07) is 13.1. The molecule has 0 saturated heterocycles. The van der Waals surface area contributed by atoms with E-state index >= 15 is 0 Å². The van der Waals surface area contributed by atoms with Gasteiger partial charge in [-0.3, -0.25) is 4.99 Å². The van der Waals surface area contributed by atoms with Crippen molar-refractivity contribution >= 4 is 17.6 Å². The molecule has 0 aliphatic carbocycles. The smallest absolute Gasteiger partial charge is 0.124 e. The Labute approximate surface area is 109 Å². The Hall–Kier alpha value is -3.00. The van der Waals surface area contributed by atoms with E-state index < -0.39 is 0 Å². The van der Waals surface area contributed by atoms with Crippen molar-refractivity contribution in [1.82, 2.24) is 0 Å². The van der Waals surface area contributed by atoms with Crippen LogP contribution in [0.5, 0.6) is 5.75 Å². The van der Waals surface area contributed by atoms with Crippen molar-refractivity contribution in [1.29, 1.82) is 5.26 Å². The highest BCUT2D eigenvalue weighted by Crippen LogP contribution is 2.23. The van der Waals surface area contributed by atoms with E-state index in [2.05, 4.69) is 10.2 Å². The van der Waals surface area contributed by atoms with E-state index in [1.165, 1.54) is 24.4 Å². The summed E-state index contributed by atoms with van der Waals surface area (Å²) in [5.41, 5.74) is 1.49. The Morgan fingerprint density at radius 2 is 2.00 bits per heavy atom. The molecule has 2 aromatic rings. The van der Waals surface area contributed by atoms with E-state index in [1.54, 1.807) is 24.3 Å². The summed E-state index contributed by atoms with van der Waals surface area (Å²) < 4.78 is 0. The van der Waals surface area contributed by atoms with Crippen LogP contribution in [0.3, 0.4) is 0 Å². The molecule has 19 heavy (non-hydrogen) atoms. The molecule has 0 unspecified atom stereocenters. The van der Waals surface area contributed by atoms with E-state index in [9.17, 15) is 10.0 Å². The number of aliphatic imine (C=N–C) groups is 1. The van der Waals surface area contributed by atoms with Crippen LogP contribution >= 0.6 is 0 Å². The van der Waals surface area contributed by atoms with Crippen LogP contribution in [0, 0.1) is 16.2 Å². The van der Waals surface area contributed by atoms with Crippen LogP contribution in [0.15, 0.2) is 52.6 Å². The lowest BCUT2D eigenvalue weighted by molar-refractivity contribution is 0.474. The van der Waals surface area contributed by atoms with Crippen molar-refractivity contribution in [2.75, 3.05) is 0 Å². The number of rotatable bonds is 3. The first-order chi connectivity index (χ1) is 9.24. The van der Waals surface area contributed by atoms with Gasteiger partial charge < -0.3 is 5.11 Å². The molecular formula is C14H9N3O2. The highest BCUT2D eigenvalue weighted by Gasteiger charge is 2.02. The average molecular weight is 251 g/mol. The van der Waals surface area contributed by atoms with E-state index in [4.69, 9.17) is 5.26 Å². The van der Waals surface area contributed by atoms with Gasteiger partial charge in [-0.25, -0.2) is 0 Å². The van der Waals surface area contributed by atoms with Crippen molar-refractivity contribution in [3.05, 3.63) is 58.5 Å².